The van der Waals surface area contributed by atoms with E-state index in [2.05, 4.69) is 40.3 Å². The molecule has 0 spiro atoms. The highest BCUT2D eigenvalue weighted by Gasteiger charge is 2.35. The molecule has 1 atom stereocenters. The molecule has 0 aliphatic carbocycles. The number of ether oxygens (including phenoxy) is 2. The van der Waals surface area contributed by atoms with E-state index in [-0.39, 0.29) is 0 Å². The van der Waals surface area contributed by atoms with Crippen LogP contribution in [0.5, 0.6) is 0 Å². The van der Waals surface area contributed by atoms with Gasteiger partial charge in [-0.25, -0.2) is 0 Å². The van der Waals surface area contributed by atoms with E-state index in [4.69, 9.17) is 9.47 Å². The first-order chi connectivity index (χ1) is 11.1. The molecule has 140 valence electrons. The van der Waals surface area contributed by atoms with Gasteiger partial charge in [-0.3, -0.25) is 0 Å². The van der Waals surface area contributed by atoms with Gasteiger partial charge in [0.15, 0.2) is 5.79 Å². The monoisotopic (exact) mass is 346 g/mol. The van der Waals surface area contributed by atoms with Crippen LogP contribution in [0.3, 0.4) is 0 Å². The van der Waals surface area contributed by atoms with Crippen LogP contribution in [0.4, 0.5) is 0 Å². The van der Waals surface area contributed by atoms with Crippen molar-refractivity contribution in [2.45, 2.75) is 104 Å². The summed E-state index contributed by atoms with van der Waals surface area (Å²) in [5.74, 6) is 1.02. The maximum atomic E-state index is 6.19. The fourth-order valence-electron chi connectivity index (χ4n) is 3.06. The van der Waals surface area contributed by atoms with Crippen molar-refractivity contribution in [2.24, 2.45) is 5.92 Å². The lowest BCUT2D eigenvalue weighted by Crippen LogP contribution is -2.41. The second kappa shape index (κ2) is 15.8. The summed E-state index contributed by atoms with van der Waals surface area (Å²) in [5, 5.41) is 0. The number of rotatable bonds is 17. The molecule has 3 heteroatoms. The van der Waals surface area contributed by atoms with Crippen molar-refractivity contribution in [3.63, 3.8) is 0 Å². The Morgan fingerprint density at radius 2 is 1.26 bits per heavy atom. The van der Waals surface area contributed by atoms with E-state index >= 15 is 0 Å². The first kappa shape index (κ1) is 23.3. The molecule has 0 amide bonds. The summed E-state index contributed by atoms with van der Waals surface area (Å²) < 4.78 is 12.4. The van der Waals surface area contributed by atoms with Gasteiger partial charge in [-0.1, -0.05) is 59.3 Å². The lowest BCUT2D eigenvalue weighted by molar-refractivity contribution is -0.258. The molecule has 0 saturated carbocycles. The van der Waals surface area contributed by atoms with E-state index in [0.717, 1.165) is 44.6 Å². The molecule has 1 unspecified atom stereocenters. The van der Waals surface area contributed by atoms with Crippen LogP contribution >= 0.6 is 12.6 Å². The molecule has 0 aliphatic rings. The summed E-state index contributed by atoms with van der Waals surface area (Å²) >= 11 is 4.40. The highest BCUT2D eigenvalue weighted by Crippen LogP contribution is 2.33. The zero-order chi connectivity index (χ0) is 17.4. The number of thiol groups is 1. The van der Waals surface area contributed by atoms with Crippen molar-refractivity contribution >= 4 is 12.6 Å². The molecule has 0 aliphatic heterocycles. The van der Waals surface area contributed by atoms with Gasteiger partial charge in [0.25, 0.3) is 0 Å². The Morgan fingerprint density at radius 3 is 1.78 bits per heavy atom. The molecule has 0 fully saturated rings. The Kier molecular flexibility index (Phi) is 16.0. The summed E-state index contributed by atoms with van der Waals surface area (Å²) in [4.78, 5) is 0. The van der Waals surface area contributed by atoms with Gasteiger partial charge in [0.2, 0.25) is 0 Å². The van der Waals surface area contributed by atoms with Crippen molar-refractivity contribution in [1.29, 1.82) is 0 Å². The Balaban J connectivity index is 4.50. The molecular weight excluding hydrogens is 304 g/mol. The Morgan fingerprint density at radius 1 is 0.739 bits per heavy atom. The highest BCUT2D eigenvalue weighted by atomic mass is 32.1. The third-order valence-corrected chi connectivity index (χ3v) is 4.86. The molecule has 2 nitrogen and oxygen atoms in total. The zero-order valence-electron chi connectivity index (χ0n) is 16.2. The summed E-state index contributed by atoms with van der Waals surface area (Å²) in [6.07, 6.45) is 13.7. The Labute approximate surface area is 151 Å². The maximum Gasteiger partial charge on any atom is 0.168 e. The van der Waals surface area contributed by atoms with Gasteiger partial charge in [-0.2, -0.15) is 12.6 Å². The minimum absolute atomic E-state index is 0.418. The van der Waals surface area contributed by atoms with Gasteiger partial charge in [0.05, 0.1) is 0 Å². The molecule has 0 radical (unpaired) electrons. The van der Waals surface area contributed by atoms with Gasteiger partial charge in [0.1, 0.15) is 0 Å². The van der Waals surface area contributed by atoms with Gasteiger partial charge < -0.3 is 9.47 Å². The zero-order valence-corrected chi connectivity index (χ0v) is 17.1. The first-order valence-electron chi connectivity index (χ1n) is 10.0. The van der Waals surface area contributed by atoms with E-state index in [0.29, 0.717) is 5.92 Å². The van der Waals surface area contributed by atoms with Crippen molar-refractivity contribution in [2.75, 3.05) is 19.0 Å². The van der Waals surface area contributed by atoms with Gasteiger partial charge in [-0.15, -0.1) is 0 Å². The smallest absolute Gasteiger partial charge is 0.168 e. The fraction of sp³-hybridized carbons (Fsp3) is 1.00. The van der Waals surface area contributed by atoms with E-state index < -0.39 is 5.79 Å². The first-order valence-corrected chi connectivity index (χ1v) is 10.7. The third-order valence-electron chi connectivity index (χ3n) is 4.54. The Bertz CT molecular complexity index is 238. The van der Waals surface area contributed by atoms with E-state index in [1.807, 2.05) is 0 Å². The Hall–Kier alpha value is 0.270. The van der Waals surface area contributed by atoms with Crippen LogP contribution in [0.15, 0.2) is 0 Å². The topological polar surface area (TPSA) is 18.5 Å². The van der Waals surface area contributed by atoms with Crippen LogP contribution in [-0.2, 0) is 9.47 Å². The minimum atomic E-state index is -0.418. The predicted molar refractivity (Wildman–Crippen MR) is 105 cm³/mol. The normalized spacial score (nSPS) is 13.4. The average molecular weight is 347 g/mol. The van der Waals surface area contributed by atoms with E-state index in [1.54, 1.807) is 0 Å². The molecule has 0 heterocycles. The molecule has 0 aromatic rings. The van der Waals surface area contributed by atoms with Gasteiger partial charge in [0, 0.05) is 19.1 Å². The van der Waals surface area contributed by atoms with Crippen LogP contribution < -0.4 is 0 Å². The second-order valence-corrected chi connectivity index (χ2v) is 7.28. The molecule has 0 aromatic heterocycles. The summed E-state index contributed by atoms with van der Waals surface area (Å²) in [6.45, 7) is 10.3. The van der Waals surface area contributed by atoms with Crippen LogP contribution in [0, 0.1) is 5.92 Å². The molecule has 0 saturated heterocycles. The van der Waals surface area contributed by atoms with Crippen LogP contribution in [0.1, 0.15) is 98.3 Å². The van der Waals surface area contributed by atoms with Crippen LogP contribution in [0.25, 0.3) is 0 Å². The largest absolute Gasteiger partial charge is 0.350 e. The fourth-order valence-corrected chi connectivity index (χ4v) is 3.25. The predicted octanol–water partition coefficient (Wildman–Crippen LogP) is 6.63. The lowest BCUT2D eigenvalue weighted by Gasteiger charge is -2.38. The van der Waals surface area contributed by atoms with E-state index in [1.165, 1.54) is 44.9 Å². The minimum Gasteiger partial charge on any atom is -0.350 e. The third kappa shape index (κ3) is 11.4. The van der Waals surface area contributed by atoms with Crippen molar-refractivity contribution < 1.29 is 9.47 Å². The molecule has 0 rings (SSSR count). The maximum absolute atomic E-state index is 6.19. The van der Waals surface area contributed by atoms with Crippen molar-refractivity contribution in [3.05, 3.63) is 0 Å². The van der Waals surface area contributed by atoms with Crippen molar-refractivity contribution in [1.82, 2.24) is 0 Å². The molecule has 0 bridgehead atoms. The molecule has 0 N–H and O–H groups in total. The summed E-state index contributed by atoms with van der Waals surface area (Å²) in [7, 11) is 0. The SMILES string of the molecule is CCCCCCCCC(CCCS)C(C)(OCCC)OCCC. The summed E-state index contributed by atoms with van der Waals surface area (Å²) in [6, 6.07) is 0. The number of hydrogen-bond acceptors (Lipinski definition) is 3. The van der Waals surface area contributed by atoms with Gasteiger partial charge >= 0.3 is 0 Å². The number of unbranched alkanes of at least 4 members (excludes halogenated alkanes) is 5. The quantitative estimate of drug-likeness (QED) is 0.181. The average Bonchev–Trinajstić information content (AvgIpc) is 2.56. The molecular formula is C20H42O2S. The van der Waals surface area contributed by atoms with Gasteiger partial charge in [-0.05, 0) is 44.8 Å². The second-order valence-electron chi connectivity index (χ2n) is 6.83. The standard InChI is InChI=1S/C20H42O2S/c1-5-8-9-10-11-12-14-19(15-13-18-23)20(4,21-16-6-2)22-17-7-3/h19,23H,5-18H2,1-4H3. The van der Waals surface area contributed by atoms with Crippen LogP contribution in [-0.4, -0.2) is 24.8 Å². The van der Waals surface area contributed by atoms with Crippen molar-refractivity contribution in [3.8, 4) is 0 Å². The van der Waals surface area contributed by atoms with E-state index in [9.17, 15) is 0 Å². The lowest BCUT2D eigenvalue weighted by atomic mass is 9.88. The molecule has 23 heavy (non-hydrogen) atoms. The number of hydrogen-bond donors (Lipinski definition) is 1. The highest BCUT2D eigenvalue weighted by molar-refractivity contribution is 7.80. The van der Waals surface area contributed by atoms with Crippen LogP contribution in [0.2, 0.25) is 0 Å². The summed E-state index contributed by atoms with van der Waals surface area (Å²) in [5.41, 5.74) is 0. The molecule has 0 aromatic carbocycles.